The average molecular weight is 271 g/mol. The van der Waals surface area contributed by atoms with Crippen LogP contribution < -0.4 is 10.8 Å². The van der Waals surface area contributed by atoms with Gasteiger partial charge in [0.05, 0.1) is 11.1 Å². The number of aromatic nitrogens is 1. The van der Waals surface area contributed by atoms with Crippen LogP contribution in [0.1, 0.15) is 16.8 Å². The smallest absolute Gasteiger partial charge is 0.358 e. The first kappa shape index (κ1) is 13.0. The minimum atomic E-state index is -0.394. The quantitative estimate of drug-likeness (QED) is 0.825. The predicted octanol–water partition coefficient (Wildman–Crippen LogP) is 1.51. The van der Waals surface area contributed by atoms with E-state index >= 15 is 0 Å². The second-order valence-corrected chi connectivity index (χ2v) is 5.01. The van der Waals surface area contributed by atoms with Gasteiger partial charge in [0.1, 0.15) is 0 Å². The van der Waals surface area contributed by atoms with E-state index in [0.29, 0.717) is 18.0 Å². The molecule has 1 aromatic carbocycles. The number of pyridine rings is 1. The zero-order chi connectivity index (χ0) is 13.8. The van der Waals surface area contributed by atoms with Crippen molar-refractivity contribution >= 4 is 16.9 Å². The fraction of sp³-hybridized carbons (Fsp3) is 0.333. The molecule has 1 atom stereocenters. The van der Waals surface area contributed by atoms with Crippen LogP contribution in [0.5, 0.6) is 0 Å². The van der Waals surface area contributed by atoms with E-state index in [9.17, 15) is 4.79 Å². The van der Waals surface area contributed by atoms with Gasteiger partial charge in [-0.25, -0.2) is 4.79 Å². The monoisotopic (exact) mass is 271 g/mol. The van der Waals surface area contributed by atoms with Gasteiger partial charge in [0.2, 0.25) is 0 Å². The Morgan fingerprint density at radius 3 is 3.20 bits per heavy atom. The number of carbonyl (C=O) groups is 1. The molecule has 20 heavy (non-hydrogen) atoms. The molecule has 5 heteroatoms. The number of carbonyl (C=O) groups excluding carboxylic acids is 1. The molecule has 5 nitrogen and oxygen atoms in total. The fourth-order valence-electron chi connectivity index (χ4n) is 2.36. The molecule has 104 valence electrons. The Kier molecular flexibility index (Phi) is 3.90. The third kappa shape index (κ3) is 2.95. The third-order valence-electron chi connectivity index (χ3n) is 3.53. The Bertz CT molecular complexity index is 609. The number of nitrogens with one attached hydrogen (secondary N) is 2. The van der Waals surface area contributed by atoms with Crippen LogP contribution in [-0.4, -0.2) is 30.6 Å². The Balaban J connectivity index is 1.60. The van der Waals surface area contributed by atoms with Crippen molar-refractivity contribution in [3.63, 3.8) is 0 Å². The van der Waals surface area contributed by atoms with Crippen molar-refractivity contribution in [2.24, 2.45) is 5.92 Å². The van der Waals surface area contributed by atoms with Crippen molar-refractivity contribution in [1.82, 2.24) is 15.8 Å². The van der Waals surface area contributed by atoms with Crippen LogP contribution in [0.2, 0.25) is 0 Å². The van der Waals surface area contributed by atoms with Gasteiger partial charge in [-0.15, -0.1) is 0 Å². The molecule has 0 spiro atoms. The molecule has 2 heterocycles. The lowest BCUT2D eigenvalue weighted by Gasteiger charge is -2.10. The molecule has 1 aliphatic rings. The minimum absolute atomic E-state index is 0.394. The standard InChI is InChI=1S/C15H17N3O2/c19-15(20-18-9-11-5-6-16-8-11)13-7-12-3-1-2-4-14(12)17-10-13/h1-4,7,10-11,16,18H,5-6,8-9H2. The van der Waals surface area contributed by atoms with E-state index < -0.39 is 5.97 Å². The first-order valence-electron chi connectivity index (χ1n) is 6.82. The summed E-state index contributed by atoms with van der Waals surface area (Å²) in [7, 11) is 0. The normalized spacial score (nSPS) is 18.3. The second-order valence-electron chi connectivity index (χ2n) is 5.01. The largest absolute Gasteiger partial charge is 0.367 e. The van der Waals surface area contributed by atoms with Crippen molar-refractivity contribution in [2.75, 3.05) is 19.6 Å². The third-order valence-corrected chi connectivity index (χ3v) is 3.53. The van der Waals surface area contributed by atoms with E-state index in [1.54, 1.807) is 12.3 Å². The maximum Gasteiger partial charge on any atom is 0.358 e. The number of rotatable bonds is 4. The molecule has 2 N–H and O–H groups in total. The summed E-state index contributed by atoms with van der Waals surface area (Å²) in [6.07, 6.45) is 2.66. The maximum absolute atomic E-state index is 11.9. The van der Waals surface area contributed by atoms with Crippen LogP contribution in [-0.2, 0) is 4.84 Å². The second kappa shape index (κ2) is 5.98. The number of para-hydroxylation sites is 1. The lowest BCUT2D eigenvalue weighted by atomic mass is 10.1. The van der Waals surface area contributed by atoms with Gasteiger partial charge in [0.25, 0.3) is 0 Å². The molecular formula is C15H17N3O2. The number of hydrogen-bond acceptors (Lipinski definition) is 5. The average Bonchev–Trinajstić information content (AvgIpc) is 3.00. The minimum Gasteiger partial charge on any atom is -0.367 e. The van der Waals surface area contributed by atoms with Crippen LogP contribution in [0.4, 0.5) is 0 Å². The zero-order valence-electron chi connectivity index (χ0n) is 11.1. The number of nitrogens with zero attached hydrogens (tertiary/aromatic N) is 1. The SMILES string of the molecule is O=C(ONCC1CCNC1)c1cnc2ccccc2c1. The van der Waals surface area contributed by atoms with E-state index in [-0.39, 0.29) is 0 Å². The van der Waals surface area contributed by atoms with Gasteiger partial charge in [0.15, 0.2) is 0 Å². The van der Waals surface area contributed by atoms with Gasteiger partial charge in [0, 0.05) is 18.1 Å². The summed E-state index contributed by atoms with van der Waals surface area (Å²) >= 11 is 0. The van der Waals surface area contributed by atoms with Gasteiger partial charge in [-0.1, -0.05) is 18.2 Å². The highest BCUT2D eigenvalue weighted by atomic mass is 16.7. The Morgan fingerprint density at radius 1 is 1.45 bits per heavy atom. The first-order chi connectivity index (χ1) is 9.83. The summed E-state index contributed by atoms with van der Waals surface area (Å²) in [5, 5.41) is 4.20. The summed E-state index contributed by atoms with van der Waals surface area (Å²) < 4.78 is 0. The van der Waals surface area contributed by atoms with Gasteiger partial charge >= 0.3 is 5.97 Å². The van der Waals surface area contributed by atoms with Crippen LogP contribution in [0.3, 0.4) is 0 Å². The van der Waals surface area contributed by atoms with Gasteiger partial charge in [-0.05, 0) is 37.6 Å². The van der Waals surface area contributed by atoms with E-state index in [2.05, 4.69) is 15.8 Å². The lowest BCUT2D eigenvalue weighted by molar-refractivity contribution is 0.0227. The summed E-state index contributed by atoms with van der Waals surface area (Å²) in [4.78, 5) is 21.3. The van der Waals surface area contributed by atoms with E-state index in [4.69, 9.17) is 4.84 Å². The highest BCUT2D eigenvalue weighted by Gasteiger charge is 2.15. The van der Waals surface area contributed by atoms with Crippen LogP contribution in [0, 0.1) is 5.92 Å². The predicted molar refractivity (Wildman–Crippen MR) is 76.1 cm³/mol. The summed E-state index contributed by atoms with van der Waals surface area (Å²) in [5.41, 5.74) is 4.08. The topological polar surface area (TPSA) is 63.2 Å². The molecule has 0 bridgehead atoms. The van der Waals surface area contributed by atoms with Crippen LogP contribution >= 0.6 is 0 Å². The zero-order valence-corrected chi connectivity index (χ0v) is 11.1. The Morgan fingerprint density at radius 2 is 2.35 bits per heavy atom. The summed E-state index contributed by atoms with van der Waals surface area (Å²) in [6, 6.07) is 9.48. The van der Waals surface area contributed by atoms with Gasteiger partial charge < -0.3 is 10.2 Å². The van der Waals surface area contributed by atoms with Crippen molar-refractivity contribution < 1.29 is 9.63 Å². The molecule has 1 aromatic heterocycles. The van der Waals surface area contributed by atoms with E-state index in [1.807, 2.05) is 24.3 Å². The van der Waals surface area contributed by atoms with Crippen molar-refractivity contribution in [2.45, 2.75) is 6.42 Å². The summed E-state index contributed by atoms with van der Waals surface area (Å²) in [5.74, 6) is 0.131. The Labute approximate surface area is 117 Å². The highest BCUT2D eigenvalue weighted by molar-refractivity contribution is 5.93. The molecule has 1 unspecified atom stereocenters. The molecule has 2 aromatic rings. The van der Waals surface area contributed by atoms with Gasteiger partial charge in [-0.3, -0.25) is 4.98 Å². The number of hydrogen-bond donors (Lipinski definition) is 2. The maximum atomic E-state index is 11.9. The molecule has 0 amide bonds. The van der Waals surface area contributed by atoms with Crippen molar-refractivity contribution in [3.05, 3.63) is 42.1 Å². The molecule has 3 rings (SSSR count). The summed E-state index contributed by atoms with van der Waals surface area (Å²) in [6.45, 7) is 2.69. The van der Waals surface area contributed by atoms with E-state index in [0.717, 1.165) is 30.4 Å². The molecule has 0 radical (unpaired) electrons. The number of fused-ring (bicyclic) bond motifs is 1. The fourth-order valence-corrected chi connectivity index (χ4v) is 2.36. The van der Waals surface area contributed by atoms with E-state index in [1.165, 1.54) is 0 Å². The molecular weight excluding hydrogens is 254 g/mol. The lowest BCUT2D eigenvalue weighted by Crippen LogP contribution is -2.27. The van der Waals surface area contributed by atoms with Crippen molar-refractivity contribution in [3.8, 4) is 0 Å². The molecule has 0 aliphatic carbocycles. The first-order valence-corrected chi connectivity index (χ1v) is 6.82. The highest BCUT2D eigenvalue weighted by Crippen LogP contribution is 2.13. The van der Waals surface area contributed by atoms with Crippen LogP contribution in [0.25, 0.3) is 10.9 Å². The molecule has 1 aliphatic heterocycles. The number of benzene rings is 1. The van der Waals surface area contributed by atoms with Crippen LogP contribution in [0.15, 0.2) is 36.5 Å². The number of hydroxylamine groups is 1. The molecule has 1 saturated heterocycles. The van der Waals surface area contributed by atoms with Crippen molar-refractivity contribution in [1.29, 1.82) is 0 Å². The molecule has 0 saturated carbocycles. The Hall–Kier alpha value is -1.98. The van der Waals surface area contributed by atoms with Gasteiger partial charge in [-0.2, -0.15) is 5.48 Å². The molecule has 1 fully saturated rings.